The third-order valence-electron chi connectivity index (χ3n) is 2.44. The van der Waals surface area contributed by atoms with Gasteiger partial charge in [-0.25, -0.2) is 0 Å². The molecule has 1 atom stereocenters. The van der Waals surface area contributed by atoms with E-state index >= 15 is 0 Å². The van der Waals surface area contributed by atoms with Crippen molar-refractivity contribution in [2.75, 3.05) is 0 Å². The van der Waals surface area contributed by atoms with Gasteiger partial charge in [0.1, 0.15) is 11.7 Å². The molecular formula is C12H8BrClN4O. The number of nitriles is 1. The van der Waals surface area contributed by atoms with Gasteiger partial charge in [0.25, 0.3) is 5.91 Å². The first kappa shape index (κ1) is 13.6. The Morgan fingerprint density at radius 2 is 2.26 bits per heavy atom. The van der Waals surface area contributed by atoms with Crippen molar-refractivity contribution in [3.63, 3.8) is 0 Å². The lowest BCUT2D eigenvalue weighted by atomic mass is 10.1. The Balaban J connectivity index is 2.22. The summed E-state index contributed by atoms with van der Waals surface area (Å²) < 4.78 is 0.529. The number of H-pyrrole nitrogens is 1. The highest BCUT2D eigenvalue weighted by Gasteiger charge is 2.19. The van der Waals surface area contributed by atoms with Crippen LogP contribution in [0.1, 0.15) is 22.1 Å². The lowest BCUT2D eigenvalue weighted by molar-refractivity contribution is 0.0939. The van der Waals surface area contributed by atoms with Crippen molar-refractivity contribution in [3.05, 3.63) is 51.2 Å². The van der Waals surface area contributed by atoms with Gasteiger partial charge in [0.05, 0.1) is 16.7 Å². The van der Waals surface area contributed by atoms with Crippen LogP contribution >= 0.6 is 27.5 Å². The highest BCUT2D eigenvalue weighted by atomic mass is 79.9. The molecule has 1 heterocycles. The summed E-state index contributed by atoms with van der Waals surface area (Å²) in [5.41, 5.74) is 0.808. The van der Waals surface area contributed by atoms with Crippen molar-refractivity contribution >= 4 is 33.4 Å². The normalized spacial score (nSPS) is 11.6. The highest BCUT2D eigenvalue weighted by molar-refractivity contribution is 9.10. The summed E-state index contributed by atoms with van der Waals surface area (Å²) in [7, 11) is 0. The zero-order valence-corrected chi connectivity index (χ0v) is 11.9. The lowest BCUT2D eigenvalue weighted by Crippen LogP contribution is -2.28. The van der Waals surface area contributed by atoms with Crippen LogP contribution in [0.4, 0.5) is 0 Å². The van der Waals surface area contributed by atoms with Gasteiger partial charge in [-0.1, -0.05) is 29.8 Å². The summed E-state index contributed by atoms with van der Waals surface area (Å²) in [5.74, 6) is -0.434. The van der Waals surface area contributed by atoms with Crippen molar-refractivity contribution in [1.82, 2.24) is 15.5 Å². The molecule has 0 aliphatic rings. The van der Waals surface area contributed by atoms with E-state index in [4.69, 9.17) is 16.9 Å². The molecule has 2 aromatic rings. The predicted molar refractivity (Wildman–Crippen MR) is 73.6 cm³/mol. The van der Waals surface area contributed by atoms with Crippen molar-refractivity contribution in [2.24, 2.45) is 0 Å². The summed E-state index contributed by atoms with van der Waals surface area (Å²) in [6.07, 6.45) is 1.46. The standard InChI is InChI=1S/C12H8BrClN4O/c13-8-6-16-18-11(8)12(19)17-10(5-15)7-3-1-2-4-9(7)14/h1-4,6,10H,(H,16,18)(H,17,19)/t10-/m0/s1. The summed E-state index contributed by atoms with van der Waals surface area (Å²) >= 11 is 9.19. The molecule has 0 saturated heterocycles. The molecule has 0 radical (unpaired) electrons. The Labute approximate surface area is 122 Å². The molecular weight excluding hydrogens is 332 g/mol. The Morgan fingerprint density at radius 1 is 1.53 bits per heavy atom. The summed E-state index contributed by atoms with van der Waals surface area (Å²) in [4.78, 5) is 12.0. The Bertz CT molecular complexity index is 649. The molecule has 5 nitrogen and oxygen atoms in total. The molecule has 2 rings (SSSR count). The minimum atomic E-state index is -0.823. The van der Waals surface area contributed by atoms with Crippen LogP contribution in [0.3, 0.4) is 0 Å². The number of amides is 1. The molecule has 0 bridgehead atoms. The number of nitrogens with zero attached hydrogens (tertiary/aromatic N) is 2. The maximum atomic E-state index is 12.0. The second-order valence-corrected chi connectivity index (χ2v) is 4.91. The van der Waals surface area contributed by atoms with Crippen LogP contribution in [-0.4, -0.2) is 16.1 Å². The molecule has 0 aliphatic heterocycles. The van der Waals surface area contributed by atoms with Gasteiger partial charge in [-0.2, -0.15) is 10.4 Å². The van der Waals surface area contributed by atoms with Gasteiger partial charge < -0.3 is 5.32 Å². The fraction of sp³-hybridized carbons (Fsp3) is 0.0833. The first-order valence-electron chi connectivity index (χ1n) is 5.27. The molecule has 7 heteroatoms. The molecule has 0 aliphatic carbocycles. The zero-order valence-electron chi connectivity index (χ0n) is 9.52. The highest BCUT2D eigenvalue weighted by Crippen LogP contribution is 2.23. The van der Waals surface area contributed by atoms with Crippen LogP contribution < -0.4 is 5.32 Å². The smallest absolute Gasteiger partial charge is 0.271 e. The number of halogens is 2. The number of nitrogens with one attached hydrogen (secondary N) is 2. The summed E-state index contributed by atoms with van der Waals surface area (Å²) in [5, 5.41) is 18.4. The first-order chi connectivity index (χ1) is 9.13. The van der Waals surface area contributed by atoms with Crippen molar-refractivity contribution < 1.29 is 4.79 Å². The van der Waals surface area contributed by atoms with E-state index in [1.165, 1.54) is 6.20 Å². The fourth-order valence-electron chi connectivity index (χ4n) is 1.52. The largest absolute Gasteiger partial charge is 0.331 e. The van der Waals surface area contributed by atoms with Crippen molar-refractivity contribution in [1.29, 1.82) is 5.26 Å². The number of carbonyl (C=O) groups excluding carboxylic acids is 1. The van der Waals surface area contributed by atoms with E-state index in [1.807, 2.05) is 6.07 Å². The van der Waals surface area contributed by atoms with Crippen LogP contribution in [-0.2, 0) is 0 Å². The third-order valence-corrected chi connectivity index (χ3v) is 3.39. The van der Waals surface area contributed by atoms with E-state index in [0.29, 0.717) is 15.1 Å². The third kappa shape index (κ3) is 2.95. The van der Waals surface area contributed by atoms with Crippen LogP contribution in [0, 0.1) is 11.3 Å². The maximum absolute atomic E-state index is 12.0. The van der Waals surface area contributed by atoms with E-state index < -0.39 is 11.9 Å². The first-order valence-corrected chi connectivity index (χ1v) is 6.44. The Kier molecular flexibility index (Phi) is 4.20. The second-order valence-electron chi connectivity index (χ2n) is 3.65. The van der Waals surface area contributed by atoms with Gasteiger partial charge in [0.15, 0.2) is 0 Å². The second kappa shape index (κ2) is 5.87. The van der Waals surface area contributed by atoms with Crippen LogP contribution in [0.15, 0.2) is 34.9 Å². The van der Waals surface area contributed by atoms with Crippen molar-refractivity contribution in [2.45, 2.75) is 6.04 Å². The minimum absolute atomic E-state index is 0.257. The van der Waals surface area contributed by atoms with E-state index in [-0.39, 0.29) is 5.69 Å². The number of hydrogen-bond donors (Lipinski definition) is 2. The quantitative estimate of drug-likeness (QED) is 0.902. The van der Waals surface area contributed by atoms with Crippen molar-refractivity contribution in [3.8, 4) is 6.07 Å². The summed E-state index contributed by atoms with van der Waals surface area (Å²) in [6, 6.07) is 8.05. The van der Waals surface area contributed by atoms with Crippen LogP contribution in [0.5, 0.6) is 0 Å². The number of hydrogen-bond acceptors (Lipinski definition) is 3. The van der Waals surface area contributed by atoms with Crippen LogP contribution in [0.25, 0.3) is 0 Å². The number of carbonyl (C=O) groups is 1. The van der Waals surface area contributed by atoms with E-state index in [9.17, 15) is 4.79 Å². The topological polar surface area (TPSA) is 81.6 Å². The average Bonchev–Trinajstić information content (AvgIpc) is 2.83. The zero-order chi connectivity index (χ0) is 13.8. The molecule has 0 spiro atoms. The molecule has 0 unspecified atom stereocenters. The molecule has 2 N–H and O–H groups in total. The van der Waals surface area contributed by atoms with Gasteiger partial charge in [-0.05, 0) is 22.0 Å². The number of aromatic nitrogens is 2. The van der Waals surface area contributed by atoms with Gasteiger partial charge in [0.2, 0.25) is 0 Å². The maximum Gasteiger partial charge on any atom is 0.271 e. The minimum Gasteiger partial charge on any atom is -0.331 e. The van der Waals surface area contributed by atoms with E-state index in [1.54, 1.807) is 24.3 Å². The predicted octanol–water partition coefficient (Wildman–Crippen LogP) is 2.82. The molecule has 0 fully saturated rings. The lowest BCUT2D eigenvalue weighted by Gasteiger charge is -2.12. The molecule has 1 amide bonds. The number of rotatable bonds is 3. The van der Waals surface area contributed by atoms with E-state index in [2.05, 4.69) is 31.4 Å². The average molecular weight is 340 g/mol. The summed E-state index contributed by atoms with van der Waals surface area (Å²) in [6.45, 7) is 0. The van der Waals surface area contributed by atoms with Gasteiger partial charge in [-0.15, -0.1) is 0 Å². The Hall–Kier alpha value is -1.84. The SMILES string of the molecule is N#C[C@H](NC(=O)c1[nH]ncc1Br)c1ccccc1Cl. The molecule has 1 aromatic carbocycles. The number of aromatic amines is 1. The van der Waals surface area contributed by atoms with Gasteiger partial charge in [0, 0.05) is 10.6 Å². The molecule has 96 valence electrons. The fourth-order valence-corrected chi connectivity index (χ4v) is 2.14. The molecule has 0 saturated carbocycles. The van der Waals surface area contributed by atoms with E-state index in [0.717, 1.165) is 0 Å². The molecule has 1 aromatic heterocycles. The monoisotopic (exact) mass is 338 g/mol. The number of benzene rings is 1. The van der Waals surface area contributed by atoms with Gasteiger partial charge >= 0.3 is 0 Å². The van der Waals surface area contributed by atoms with Gasteiger partial charge in [-0.3, -0.25) is 9.89 Å². The molecule has 19 heavy (non-hydrogen) atoms. The Morgan fingerprint density at radius 3 is 2.84 bits per heavy atom. The van der Waals surface area contributed by atoms with Crippen LogP contribution in [0.2, 0.25) is 5.02 Å².